The van der Waals surface area contributed by atoms with Crippen molar-refractivity contribution in [1.82, 2.24) is 24.6 Å². The van der Waals surface area contributed by atoms with Gasteiger partial charge in [-0.05, 0) is 51.2 Å². The van der Waals surface area contributed by atoms with E-state index in [0.717, 1.165) is 57.2 Å². The van der Waals surface area contributed by atoms with Gasteiger partial charge < -0.3 is 19.9 Å². The Morgan fingerprint density at radius 1 is 1.16 bits per heavy atom. The molecule has 2 aliphatic rings. The van der Waals surface area contributed by atoms with Crippen LogP contribution in [0.1, 0.15) is 29.0 Å². The molecule has 1 saturated heterocycles. The molecule has 1 N–H and O–H groups in total. The fraction of sp³-hybridized carbons (Fsp3) is 0.591. The van der Waals surface area contributed by atoms with Gasteiger partial charge in [0.2, 0.25) is 0 Å². The molecular formula is C22H32N6O3. The molecule has 31 heavy (non-hydrogen) atoms. The Morgan fingerprint density at radius 2 is 1.90 bits per heavy atom. The molecule has 168 valence electrons. The second kappa shape index (κ2) is 9.65. The normalized spacial score (nSPS) is 19.2. The molecule has 3 heterocycles. The maximum Gasteiger partial charge on any atom is 0.345 e. The van der Waals surface area contributed by atoms with E-state index in [4.69, 9.17) is 4.74 Å². The fourth-order valence-electron chi connectivity index (χ4n) is 4.13. The van der Waals surface area contributed by atoms with Crippen LogP contribution >= 0.6 is 0 Å². The van der Waals surface area contributed by atoms with Crippen molar-refractivity contribution in [2.75, 3.05) is 51.8 Å². The SMILES string of the molecule is CN(C)CCn1nc2n(c1=O)CCC(NC(=O)c1ccc(N3CCOCC3)cc1)CC2. The molecule has 1 aromatic carbocycles. The molecule has 9 heteroatoms. The maximum absolute atomic E-state index is 12.8. The van der Waals surface area contributed by atoms with Crippen molar-refractivity contribution in [1.29, 1.82) is 0 Å². The molecule has 0 radical (unpaired) electrons. The quantitative estimate of drug-likeness (QED) is 0.725. The highest BCUT2D eigenvalue weighted by atomic mass is 16.5. The molecule has 2 aliphatic heterocycles. The number of carbonyl (C=O) groups excluding carboxylic acids is 1. The highest BCUT2D eigenvalue weighted by molar-refractivity contribution is 5.94. The van der Waals surface area contributed by atoms with Crippen LogP contribution in [0.15, 0.2) is 29.1 Å². The van der Waals surface area contributed by atoms with Crippen molar-refractivity contribution >= 4 is 11.6 Å². The summed E-state index contributed by atoms with van der Waals surface area (Å²) in [5, 5.41) is 7.67. The van der Waals surface area contributed by atoms with Crippen molar-refractivity contribution in [3.05, 3.63) is 46.1 Å². The summed E-state index contributed by atoms with van der Waals surface area (Å²) in [4.78, 5) is 29.7. The predicted octanol–water partition coefficient (Wildman–Crippen LogP) is 0.578. The topological polar surface area (TPSA) is 84.6 Å². The van der Waals surface area contributed by atoms with E-state index in [2.05, 4.69) is 15.3 Å². The minimum absolute atomic E-state index is 0.0303. The lowest BCUT2D eigenvalue weighted by Gasteiger charge is -2.28. The Morgan fingerprint density at radius 3 is 2.61 bits per heavy atom. The third-order valence-electron chi connectivity index (χ3n) is 6.02. The van der Waals surface area contributed by atoms with Gasteiger partial charge in [0.25, 0.3) is 5.91 Å². The van der Waals surface area contributed by atoms with Crippen molar-refractivity contribution < 1.29 is 9.53 Å². The summed E-state index contributed by atoms with van der Waals surface area (Å²) >= 11 is 0. The zero-order valence-electron chi connectivity index (χ0n) is 18.4. The number of carbonyl (C=O) groups is 1. The minimum Gasteiger partial charge on any atom is -0.378 e. The van der Waals surface area contributed by atoms with E-state index in [1.165, 1.54) is 0 Å². The lowest BCUT2D eigenvalue weighted by Crippen LogP contribution is -2.37. The Labute approximate surface area is 182 Å². The summed E-state index contributed by atoms with van der Waals surface area (Å²) in [5.74, 6) is 0.747. The molecular weight excluding hydrogens is 396 g/mol. The van der Waals surface area contributed by atoms with Gasteiger partial charge in [0.15, 0.2) is 0 Å². The van der Waals surface area contributed by atoms with Crippen LogP contribution in [-0.4, -0.2) is 78.1 Å². The van der Waals surface area contributed by atoms with Gasteiger partial charge in [-0.1, -0.05) is 0 Å². The second-order valence-corrected chi connectivity index (χ2v) is 8.52. The first-order valence-corrected chi connectivity index (χ1v) is 11.1. The molecule has 1 fully saturated rings. The average Bonchev–Trinajstić information content (AvgIpc) is 2.95. The molecule has 4 rings (SSSR count). The van der Waals surface area contributed by atoms with Gasteiger partial charge >= 0.3 is 5.69 Å². The first-order chi connectivity index (χ1) is 15.0. The largest absolute Gasteiger partial charge is 0.378 e. The number of amides is 1. The van der Waals surface area contributed by atoms with Crippen LogP contribution in [0.4, 0.5) is 5.69 Å². The summed E-state index contributed by atoms with van der Waals surface area (Å²) in [5.41, 5.74) is 1.72. The smallest absolute Gasteiger partial charge is 0.345 e. The number of likely N-dealkylation sites (N-methyl/N-ethyl adjacent to an activating group) is 1. The van der Waals surface area contributed by atoms with Crippen molar-refractivity contribution in [3.63, 3.8) is 0 Å². The Bertz CT molecular complexity index is 943. The van der Waals surface area contributed by atoms with Crippen LogP contribution < -0.4 is 15.9 Å². The highest BCUT2D eigenvalue weighted by Crippen LogP contribution is 2.18. The molecule has 0 spiro atoms. The van der Waals surface area contributed by atoms with Crippen molar-refractivity contribution in [2.45, 2.75) is 38.4 Å². The zero-order chi connectivity index (χ0) is 21.8. The lowest BCUT2D eigenvalue weighted by atomic mass is 10.1. The van der Waals surface area contributed by atoms with Gasteiger partial charge in [0.1, 0.15) is 5.82 Å². The van der Waals surface area contributed by atoms with E-state index in [1.54, 1.807) is 9.25 Å². The standard InChI is InChI=1S/C22H32N6O3/c1-25(2)11-12-28-22(30)27-10-9-18(5-8-20(27)24-28)23-21(29)17-3-6-19(7-4-17)26-13-15-31-16-14-26/h3-4,6-7,18H,5,8-16H2,1-2H3,(H,23,29). The number of hydrogen-bond donors (Lipinski definition) is 1. The van der Waals surface area contributed by atoms with Gasteiger partial charge in [-0.3, -0.25) is 9.36 Å². The van der Waals surface area contributed by atoms with Gasteiger partial charge in [-0.25, -0.2) is 9.48 Å². The number of nitrogens with one attached hydrogen (secondary N) is 1. The fourth-order valence-corrected chi connectivity index (χ4v) is 4.13. The van der Waals surface area contributed by atoms with Crippen LogP contribution in [0.5, 0.6) is 0 Å². The van der Waals surface area contributed by atoms with E-state index in [0.29, 0.717) is 25.1 Å². The van der Waals surface area contributed by atoms with Crippen LogP contribution in [0.2, 0.25) is 0 Å². The third kappa shape index (κ3) is 5.16. The van der Waals surface area contributed by atoms with Crippen LogP contribution in [0, 0.1) is 0 Å². The highest BCUT2D eigenvalue weighted by Gasteiger charge is 2.22. The zero-order valence-corrected chi connectivity index (χ0v) is 18.4. The summed E-state index contributed by atoms with van der Waals surface area (Å²) in [6.45, 7) is 5.17. The summed E-state index contributed by atoms with van der Waals surface area (Å²) in [6, 6.07) is 7.79. The second-order valence-electron chi connectivity index (χ2n) is 8.52. The molecule has 0 saturated carbocycles. The van der Waals surface area contributed by atoms with Gasteiger partial charge in [0, 0.05) is 49.9 Å². The van der Waals surface area contributed by atoms with E-state index in [1.807, 2.05) is 43.3 Å². The molecule has 1 atom stereocenters. The minimum atomic E-state index is -0.0681. The van der Waals surface area contributed by atoms with Crippen molar-refractivity contribution in [3.8, 4) is 0 Å². The number of benzene rings is 1. The molecule has 0 aliphatic carbocycles. The molecule has 9 nitrogen and oxygen atoms in total. The van der Waals surface area contributed by atoms with E-state index in [-0.39, 0.29) is 17.6 Å². The summed E-state index contributed by atoms with van der Waals surface area (Å²) in [6.07, 6.45) is 2.19. The number of aryl methyl sites for hydroxylation is 1. The van der Waals surface area contributed by atoms with E-state index >= 15 is 0 Å². The first-order valence-electron chi connectivity index (χ1n) is 11.1. The number of aromatic nitrogens is 3. The number of fused-ring (bicyclic) bond motifs is 1. The third-order valence-corrected chi connectivity index (χ3v) is 6.02. The molecule has 1 unspecified atom stereocenters. The number of rotatable bonds is 6. The maximum atomic E-state index is 12.8. The van der Waals surface area contributed by atoms with Gasteiger partial charge in [0.05, 0.1) is 19.8 Å². The number of ether oxygens (including phenoxy) is 1. The van der Waals surface area contributed by atoms with Gasteiger partial charge in [-0.15, -0.1) is 0 Å². The average molecular weight is 429 g/mol. The van der Waals surface area contributed by atoms with Crippen LogP contribution in [0.3, 0.4) is 0 Å². The number of morpholine rings is 1. The first kappa shape index (κ1) is 21.6. The van der Waals surface area contributed by atoms with E-state index in [9.17, 15) is 9.59 Å². The van der Waals surface area contributed by atoms with Gasteiger partial charge in [-0.2, -0.15) is 5.10 Å². The predicted molar refractivity (Wildman–Crippen MR) is 119 cm³/mol. The summed E-state index contributed by atoms with van der Waals surface area (Å²) < 4.78 is 8.72. The number of anilines is 1. The van der Waals surface area contributed by atoms with E-state index < -0.39 is 0 Å². The Balaban J connectivity index is 1.33. The molecule has 2 aromatic rings. The van der Waals surface area contributed by atoms with Crippen LogP contribution in [0.25, 0.3) is 0 Å². The van der Waals surface area contributed by atoms with Crippen molar-refractivity contribution in [2.24, 2.45) is 0 Å². The summed E-state index contributed by atoms with van der Waals surface area (Å²) in [7, 11) is 3.96. The Kier molecular flexibility index (Phi) is 6.72. The molecule has 1 aromatic heterocycles. The monoisotopic (exact) mass is 428 g/mol. The lowest BCUT2D eigenvalue weighted by molar-refractivity contribution is 0.0932. The van der Waals surface area contributed by atoms with Crippen LogP contribution in [-0.2, 0) is 24.2 Å². The number of hydrogen-bond acceptors (Lipinski definition) is 6. The molecule has 1 amide bonds. The molecule has 0 bridgehead atoms. The Hall–Kier alpha value is -2.65. The number of nitrogens with zero attached hydrogens (tertiary/aromatic N) is 5.